The third-order valence-corrected chi connectivity index (χ3v) is 2.93. The molecule has 0 atom stereocenters. The zero-order valence-corrected chi connectivity index (χ0v) is 10.3. The summed E-state index contributed by atoms with van der Waals surface area (Å²) in [5.41, 5.74) is 0. The van der Waals surface area contributed by atoms with Crippen molar-refractivity contribution in [3.63, 3.8) is 0 Å². The molecule has 0 unspecified atom stereocenters. The number of carboxylic acid groups (broad SMARTS) is 1. The monoisotopic (exact) mass is 249 g/mol. The summed E-state index contributed by atoms with van der Waals surface area (Å²) in [6, 6.07) is 0. The van der Waals surface area contributed by atoms with E-state index in [4.69, 9.17) is 10.2 Å². The third kappa shape index (κ3) is 8.55. The first-order valence-corrected chi connectivity index (χ1v) is 6.37. The van der Waals surface area contributed by atoms with E-state index in [-0.39, 0.29) is 24.0 Å². The van der Waals surface area contributed by atoms with Crippen LogP contribution in [0.2, 0.25) is 0 Å². The van der Waals surface area contributed by atoms with Crippen molar-refractivity contribution in [2.24, 2.45) is 0 Å². The van der Waals surface area contributed by atoms with E-state index in [1.807, 2.05) is 0 Å². The number of aliphatic carboxylic acids is 1. The lowest BCUT2D eigenvalue weighted by molar-refractivity contribution is -0.133. The summed E-state index contributed by atoms with van der Waals surface area (Å²) in [7, 11) is 1.71. The number of unbranched alkanes of at least 4 members (excludes halogenated alkanes) is 2. The molecule has 6 heteroatoms. The zero-order valence-electron chi connectivity index (χ0n) is 9.52. The summed E-state index contributed by atoms with van der Waals surface area (Å²) in [6.07, 6.45) is 2.53. The number of carbonyl (C=O) groups excluding carboxylic acids is 1. The highest BCUT2D eigenvalue weighted by molar-refractivity contribution is 8.00. The van der Waals surface area contributed by atoms with E-state index in [1.54, 1.807) is 11.9 Å². The second-order valence-corrected chi connectivity index (χ2v) is 4.47. The quantitative estimate of drug-likeness (QED) is 0.579. The standard InChI is InChI=1S/C10H19NO4S/c1-11(5-3-2-4-6-12)9(13)7-16-8-10(14)15/h12H,2-8H2,1H3,(H,14,15). The molecule has 0 fully saturated rings. The van der Waals surface area contributed by atoms with E-state index >= 15 is 0 Å². The predicted octanol–water partition coefficient (Wildman–Crippen LogP) is 0.425. The van der Waals surface area contributed by atoms with Crippen molar-refractivity contribution in [1.29, 1.82) is 0 Å². The van der Waals surface area contributed by atoms with Crippen LogP contribution in [0.3, 0.4) is 0 Å². The number of nitrogens with zero attached hydrogens (tertiary/aromatic N) is 1. The highest BCUT2D eigenvalue weighted by atomic mass is 32.2. The van der Waals surface area contributed by atoms with Gasteiger partial charge in [0.05, 0.1) is 11.5 Å². The fourth-order valence-electron chi connectivity index (χ4n) is 1.10. The molecular weight excluding hydrogens is 230 g/mol. The van der Waals surface area contributed by atoms with E-state index in [1.165, 1.54) is 0 Å². The predicted molar refractivity (Wildman–Crippen MR) is 63.5 cm³/mol. The van der Waals surface area contributed by atoms with Gasteiger partial charge in [-0.3, -0.25) is 9.59 Å². The smallest absolute Gasteiger partial charge is 0.313 e. The van der Waals surface area contributed by atoms with Gasteiger partial charge in [0, 0.05) is 20.2 Å². The van der Waals surface area contributed by atoms with Crippen molar-refractivity contribution >= 4 is 23.6 Å². The van der Waals surface area contributed by atoms with Crippen LogP contribution in [-0.2, 0) is 9.59 Å². The van der Waals surface area contributed by atoms with Gasteiger partial charge < -0.3 is 15.1 Å². The summed E-state index contributed by atoms with van der Waals surface area (Å²) in [4.78, 5) is 23.3. The minimum absolute atomic E-state index is 0.0376. The number of carbonyl (C=O) groups is 2. The molecule has 0 aliphatic heterocycles. The number of carboxylic acids is 1. The number of hydrogen-bond donors (Lipinski definition) is 2. The second kappa shape index (κ2) is 9.47. The Labute approximate surface area is 99.8 Å². The number of hydrogen-bond acceptors (Lipinski definition) is 4. The molecule has 16 heavy (non-hydrogen) atoms. The van der Waals surface area contributed by atoms with Crippen LogP contribution in [0, 0.1) is 0 Å². The van der Waals surface area contributed by atoms with Crippen LogP contribution < -0.4 is 0 Å². The Morgan fingerprint density at radius 3 is 2.44 bits per heavy atom. The molecule has 0 bridgehead atoms. The van der Waals surface area contributed by atoms with Gasteiger partial charge in [0.1, 0.15) is 0 Å². The molecule has 0 saturated heterocycles. The lowest BCUT2D eigenvalue weighted by Crippen LogP contribution is -2.29. The summed E-state index contributed by atoms with van der Waals surface area (Å²) in [5.74, 6) is -0.772. The van der Waals surface area contributed by atoms with Crippen LogP contribution in [0.15, 0.2) is 0 Å². The highest BCUT2D eigenvalue weighted by Gasteiger charge is 2.09. The summed E-state index contributed by atoms with van der Waals surface area (Å²) in [6.45, 7) is 0.846. The molecular formula is C10H19NO4S. The molecule has 0 aromatic heterocycles. The van der Waals surface area contributed by atoms with E-state index in [0.29, 0.717) is 6.54 Å². The molecule has 0 heterocycles. The van der Waals surface area contributed by atoms with Crippen molar-refractivity contribution in [1.82, 2.24) is 4.90 Å². The first-order valence-electron chi connectivity index (χ1n) is 5.22. The molecule has 0 aliphatic carbocycles. The Balaban J connectivity index is 3.53. The van der Waals surface area contributed by atoms with Crippen LogP contribution in [-0.4, -0.2) is 58.7 Å². The fraction of sp³-hybridized carbons (Fsp3) is 0.800. The van der Waals surface area contributed by atoms with Crippen LogP contribution in [0.4, 0.5) is 0 Å². The maximum atomic E-state index is 11.5. The molecule has 0 aliphatic rings. The highest BCUT2D eigenvalue weighted by Crippen LogP contribution is 2.03. The van der Waals surface area contributed by atoms with Gasteiger partial charge in [0.15, 0.2) is 0 Å². The van der Waals surface area contributed by atoms with Gasteiger partial charge in [0.2, 0.25) is 5.91 Å². The fourth-order valence-corrected chi connectivity index (χ4v) is 1.77. The average molecular weight is 249 g/mol. The van der Waals surface area contributed by atoms with Crippen LogP contribution in [0.1, 0.15) is 19.3 Å². The topological polar surface area (TPSA) is 77.8 Å². The first kappa shape index (κ1) is 15.2. The van der Waals surface area contributed by atoms with E-state index < -0.39 is 5.97 Å². The van der Waals surface area contributed by atoms with Crippen molar-refractivity contribution in [3.8, 4) is 0 Å². The number of amides is 1. The number of aliphatic hydroxyl groups is 1. The third-order valence-electron chi connectivity index (χ3n) is 2.03. The molecule has 0 saturated carbocycles. The van der Waals surface area contributed by atoms with Gasteiger partial charge in [-0.2, -0.15) is 0 Å². The van der Waals surface area contributed by atoms with Gasteiger partial charge in [-0.15, -0.1) is 11.8 Å². The molecule has 0 aromatic carbocycles. The van der Waals surface area contributed by atoms with Gasteiger partial charge in [-0.05, 0) is 19.3 Å². The number of rotatable bonds is 9. The van der Waals surface area contributed by atoms with Gasteiger partial charge >= 0.3 is 5.97 Å². The molecule has 0 rings (SSSR count). The van der Waals surface area contributed by atoms with Crippen LogP contribution in [0.25, 0.3) is 0 Å². The lowest BCUT2D eigenvalue weighted by Gasteiger charge is -2.16. The average Bonchev–Trinajstić information content (AvgIpc) is 2.23. The van der Waals surface area contributed by atoms with E-state index in [0.717, 1.165) is 31.0 Å². The molecule has 0 aromatic rings. The molecule has 94 valence electrons. The first-order chi connectivity index (χ1) is 7.57. The Morgan fingerprint density at radius 1 is 1.19 bits per heavy atom. The molecule has 2 N–H and O–H groups in total. The zero-order chi connectivity index (χ0) is 12.4. The van der Waals surface area contributed by atoms with Crippen molar-refractivity contribution in [3.05, 3.63) is 0 Å². The molecule has 5 nitrogen and oxygen atoms in total. The van der Waals surface area contributed by atoms with Crippen LogP contribution in [0.5, 0.6) is 0 Å². The van der Waals surface area contributed by atoms with Gasteiger partial charge in [0.25, 0.3) is 0 Å². The molecule has 0 spiro atoms. The Hall–Kier alpha value is -0.750. The summed E-state index contributed by atoms with van der Waals surface area (Å²) < 4.78 is 0. The van der Waals surface area contributed by atoms with Crippen LogP contribution >= 0.6 is 11.8 Å². The van der Waals surface area contributed by atoms with Gasteiger partial charge in [-0.1, -0.05) is 0 Å². The maximum Gasteiger partial charge on any atom is 0.313 e. The minimum Gasteiger partial charge on any atom is -0.481 e. The van der Waals surface area contributed by atoms with Crippen molar-refractivity contribution < 1.29 is 19.8 Å². The minimum atomic E-state index is -0.900. The Morgan fingerprint density at radius 2 is 1.88 bits per heavy atom. The van der Waals surface area contributed by atoms with E-state index in [2.05, 4.69) is 0 Å². The lowest BCUT2D eigenvalue weighted by atomic mass is 10.2. The molecule has 0 radical (unpaired) electrons. The normalized spacial score (nSPS) is 10.1. The summed E-state index contributed by atoms with van der Waals surface area (Å²) >= 11 is 1.11. The Bertz CT molecular complexity index is 223. The largest absolute Gasteiger partial charge is 0.481 e. The maximum absolute atomic E-state index is 11.5. The van der Waals surface area contributed by atoms with Crippen molar-refractivity contribution in [2.45, 2.75) is 19.3 Å². The number of aliphatic hydroxyl groups excluding tert-OH is 1. The van der Waals surface area contributed by atoms with Crippen molar-refractivity contribution in [2.75, 3.05) is 31.7 Å². The van der Waals surface area contributed by atoms with Gasteiger partial charge in [-0.25, -0.2) is 0 Å². The summed E-state index contributed by atoms with van der Waals surface area (Å²) in [5, 5.41) is 17.0. The number of thioether (sulfide) groups is 1. The molecule has 1 amide bonds. The Kier molecular flexibility index (Phi) is 9.03. The SMILES string of the molecule is CN(CCCCCO)C(=O)CSCC(=O)O. The second-order valence-electron chi connectivity index (χ2n) is 3.49. The van der Waals surface area contributed by atoms with E-state index in [9.17, 15) is 9.59 Å².